The molecule has 1 amide bonds. The highest BCUT2D eigenvalue weighted by molar-refractivity contribution is 7.89. The minimum absolute atomic E-state index is 0.0242. The smallest absolute Gasteiger partial charge is 0.410 e. The van der Waals surface area contributed by atoms with Crippen LogP contribution in [-0.4, -0.2) is 65.8 Å². The van der Waals surface area contributed by atoms with E-state index in [1.165, 1.54) is 21.3 Å². The van der Waals surface area contributed by atoms with Crippen molar-refractivity contribution >= 4 is 38.8 Å². The van der Waals surface area contributed by atoms with E-state index in [1.54, 1.807) is 20.8 Å². The molecule has 2 heterocycles. The first kappa shape index (κ1) is 18.9. The van der Waals surface area contributed by atoms with Crippen molar-refractivity contribution in [2.24, 2.45) is 0 Å². The largest absolute Gasteiger partial charge is 0.444 e. The van der Waals surface area contributed by atoms with Crippen LogP contribution in [0.5, 0.6) is 0 Å². The van der Waals surface area contributed by atoms with Gasteiger partial charge in [-0.05, 0) is 43.2 Å². The Hall–Kier alpha value is -1.91. The molecule has 0 bridgehead atoms. The van der Waals surface area contributed by atoms with E-state index in [4.69, 9.17) is 16.3 Å². The van der Waals surface area contributed by atoms with E-state index in [0.717, 1.165) is 0 Å². The number of rotatable bonds is 2. The molecule has 1 aromatic carbocycles. The van der Waals surface area contributed by atoms with Gasteiger partial charge in [-0.1, -0.05) is 11.6 Å². The Morgan fingerprint density at radius 3 is 2.38 bits per heavy atom. The van der Waals surface area contributed by atoms with Gasteiger partial charge in [0.05, 0.1) is 5.02 Å². The topological polar surface area (TPSA) is 106 Å². The van der Waals surface area contributed by atoms with Gasteiger partial charge in [0, 0.05) is 26.2 Å². The van der Waals surface area contributed by atoms with Crippen LogP contribution in [0.25, 0.3) is 11.0 Å². The van der Waals surface area contributed by atoms with Crippen molar-refractivity contribution in [1.82, 2.24) is 19.5 Å². The number of halogens is 1. The molecule has 0 atom stereocenters. The molecular formula is C15H19ClN4O5S. The molecule has 0 N–H and O–H groups in total. The van der Waals surface area contributed by atoms with Crippen LogP contribution in [0.2, 0.25) is 5.02 Å². The highest BCUT2D eigenvalue weighted by atomic mass is 35.5. The van der Waals surface area contributed by atoms with Gasteiger partial charge in [-0.15, -0.1) is 0 Å². The van der Waals surface area contributed by atoms with Crippen LogP contribution in [0.1, 0.15) is 20.8 Å². The molecule has 26 heavy (non-hydrogen) atoms. The summed E-state index contributed by atoms with van der Waals surface area (Å²) in [5.41, 5.74) is -0.318. The summed E-state index contributed by atoms with van der Waals surface area (Å²) in [7, 11) is -3.83. The fraction of sp³-hybridized carbons (Fsp3) is 0.533. The van der Waals surface area contributed by atoms with E-state index in [9.17, 15) is 13.2 Å². The molecule has 11 heteroatoms. The maximum Gasteiger partial charge on any atom is 0.410 e. The molecule has 0 unspecified atom stereocenters. The molecule has 1 saturated heterocycles. The van der Waals surface area contributed by atoms with Gasteiger partial charge < -0.3 is 9.64 Å². The third-order valence-electron chi connectivity index (χ3n) is 3.84. The van der Waals surface area contributed by atoms with E-state index in [-0.39, 0.29) is 47.1 Å². The lowest BCUT2D eigenvalue weighted by molar-refractivity contribution is 0.0192. The Kier molecular flexibility index (Phi) is 4.84. The first-order valence-corrected chi connectivity index (χ1v) is 9.80. The number of hydrogen-bond acceptors (Lipinski definition) is 7. The number of carbonyl (C=O) groups is 1. The molecule has 1 aromatic heterocycles. The van der Waals surface area contributed by atoms with Crippen molar-refractivity contribution in [3.63, 3.8) is 0 Å². The fourth-order valence-electron chi connectivity index (χ4n) is 2.60. The maximum atomic E-state index is 13.0. The second kappa shape index (κ2) is 6.67. The molecule has 9 nitrogen and oxygen atoms in total. The number of sulfonamides is 1. The number of hydrogen-bond donors (Lipinski definition) is 0. The lowest BCUT2D eigenvalue weighted by Gasteiger charge is -2.34. The first-order chi connectivity index (χ1) is 12.1. The van der Waals surface area contributed by atoms with Crippen molar-refractivity contribution in [1.29, 1.82) is 0 Å². The number of carbonyl (C=O) groups excluding carboxylic acids is 1. The predicted octanol–water partition coefficient (Wildman–Crippen LogP) is 2.12. The van der Waals surface area contributed by atoms with Gasteiger partial charge in [0.2, 0.25) is 10.0 Å². The van der Waals surface area contributed by atoms with Crippen molar-refractivity contribution in [3.05, 3.63) is 17.2 Å². The zero-order chi connectivity index (χ0) is 19.1. The van der Waals surface area contributed by atoms with Gasteiger partial charge >= 0.3 is 6.09 Å². The number of amides is 1. The molecular weight excluding hydrogens is 384 g/mol. The number of fused-ring (bicyclic) bond motifs is 1. The third kappa shape index (κ3) is 3.62. The molecule has 0 spiro atoms. The molecule has 0 aliphatic carbocycles. The fourth-order valence-corrected chi connectivity index (χ4v) is 4.33. The predicted molar refractivity (Wildman–Crippen MR) is 93.4 cm³/mol. The van der Waals surface area contributed by atoms with Gasteiger partial charge in [-0.25, -0.2) is 17.8 Å². The zero-order valence-corrected chi connectivity index (χ0v) is 16.2. The molecule has 3 rings (SSSR count). The highest BCUT2D eigenvalue weighted by Gasteiger charge is 2.33. The maximum absolute atomic E-state index is 13.0. The Balaban J connectivity index is 1.77. The van der Waals surface area contributed by atoms with Crippen LogP contribution in [-0.2, 0) is 14.8 Å². The lowest BCUT2D eigenvalue weighted by Crippen LogP contribution is -2.51. The number of benzene rings is 1. The molecule has 1 fully saturated rings. The van der Waals surface area contributed by atoms with Crippen LogP contribution in [0.15, 0.2) is 21.7 Å². The summed E-state index contributed by atoms with van der Waals surface area (Å²) < 4.78 is 37.1. The molecule has 2 aromatic rings. The number of ether oxygens (including phenoxy) is 1. The third-order valence-corrected chi connectivity index (χ3v) is 6.07. The van der Waals surface area contributed by atoms with Crippen LogP contribution in [0.3, 0.4) is 0 Å². The van der Waals surface area contributed by atoms with Crippen LogP contribution >= 0.6 is 11.6 Å². The summed E-state index contributed by atoms with van der Waals surface area (Å²) >= 11 is 5.98. The Morgan fingerprint density at radius 2 is 1.77 bits per heavy atom. The molecule has 1 aliphatic heterocycles. The first-order valence-electron chi connectivity index (χ1n) is 7.98. The standard InChI is InChI=1S/C15H19ClN4O5S/c1-15(2,3)24-14(21)19-6-8-20(9-7-19)26(22,23)11-5-4-10(16)12-13(11)18-25-17-12/h4-5H,6-9H2,1-3H3. The lowest BCUT2D eigenvalue weighted by atomic mass is 10.2. The second-order valence-corrected chi connectivity index (χ2v) is 9.19. The monoisotopic (exact) mass is 402 g/mol. The summed E-state index contributed by atoms with van der Waals surface area (Å²) in [6.07, 6.45) is -0.455. The highest BCUT2D eigenvalue weighted by Crippen LogP contribution is 2.29. The van der Waals surface area contributed by atoms with Crippen molar-refractivity contribution in [2.75, 3.05) is 26.2 Å². The quantitative estimate of drug-likeness (QED) is 0.757. The normalized spacial score (nSPS) is 16.8. The SMILES string of the molecule is CC(C)(C)OC(=O)N1CCN(S(=O)(=O)c2ccc(Cl)c3nonc23)CC1. The van der Waals surface area contributed by atoms with Gasteiger partial charge in [0.15, 0.2) is 11.0 Å². The van der Waals surface area contributed by atoms with E-state index < -0.39 is 21.7 Å². The van der Waals surface area contributed by atoms with Crippen LogP contribution in [0, 0.1) is 0 Å². The average molecular weight is 403 g/mol. The molecule has 0 radical (unpaired) electrons. The Bertz CT molecular complexity index is 929. The second-order valence-electron chi connectivity index (χ2n) is 6.88. The zero-order valence-electron chi connectivity index (χ0n) is 14.6. The Morgan fingerprint density at radius 1 is 1.15 bits per heavy atom. The summed E-state index contributed by atoms with van der Waals surface area (Å²) in [6.45, 7) is 6.12. The number of aromatic nitrogens is 2. The Labute approximate surface area is 155 Å². The summed E-state index contributed by atoms with van der Waals surface area (Å²) in [5, 5.41) is 7.56. The number of piperazine rings is 1. The summed E-state index contributed by atoms with van der Waals surface area (Å²) in [4.78, 5) is 13.6. The van der Waals surface area contributed by atoms with Crippen molar-refractivity contribution in [2.45, 2.75) is 31.3 Å². The van der Waals surface area contributed by atoms with E-state index in [1.807, 2.05) is 0 Å². The summed E-state index contributed by atoms with van der Waals surface area (Å²) in [6, 6.07) is 2.82. The van der Waals surface area contributed by atoms with Crippen molar-refractivity contribution < 1.29 is 22.6 Å². The van der Waals surface area contributed by atoms with Gasteiger partial charge in [0.25, 0.3) is 0 Å². The van der Waals surface area contributed by atoms with Gasteiger partial charge in [-0.2, -0.15) is 4.31 Å². The average Bonchev–Trinajstić information content (AvgIpc) is 3.04. The van der Waals surface area contributed by atoms with Crippen LogP contribution < -0.4 is 0 Å². The minimum atomic E-state index is -3.83. The summed E-state index contributed by atoms with van der Waals surface area (Å²) in [5.74, 6) is 0. The van der Waals surface area contributed by atoms with Crippen LogP contribution in [0.4, 0.5) is 4.79 Å². The molecule has 1 aliphatic rings. The van der Waals surface area contributed by atoms with E-state index in [2.05, 4.69) is 14.9 Å². The van der Waals surface area contributed by atoms with E-state index >= 15 is 0 Å². The molecule has 0 saturated carbocycles. The van der Waals surface area contributed by atoms with Gasteiger partial charge in [0.1, 0.15) is 10.5 Å². The molecule has 142 valence electrons. The van der Waals surface area contributed by atoms with Gasteiger partial charge in [-0.3, -0.25) is 0 Å². The van der Waals surface area contributed by atoms with E-state index in [0.29, 0.717) is 0 Å². The minimum Gasteiger partial charge on any atom is -0.444 e. The van der Waals surface area contributed by atoms with Crippen molar-refractivity contribution in [3.8, 4) is 0 Å². The number of nitrogens with zero attached hydrogens (tertiary/aromatic N) is 4.